The van der Waals surface area contributed by atoms with Gasteiger partial charge in [-0.05, 0) is 0 Å². The Morgan fingerprint density at radius 2 is 1.15 bits per heavy atom. The van der Waals surface area contributed by atoms with Gasteiger partial charge in [0.25, 0.3) is 10.1 Å². The Labute approximate surface area is 112 Å². The molecule has 11 nitrogen and oxygen atoms in total. The fraction of sp³-hybridized carbons (Fsp3) is 0.500. The number of hydrogen-bond acceptors (Lipinski definition) is 6. The van der Waals surface area contributed by atoms with E-state index in [4.69, 9.17) is 25.0 Å². The fourth-order valence-electron chi connectivity index (χ4n) is 0.692. The maximum absolute atomic E-state index is 10.2. The number of carbonyl (C=O) groups is 4. The Bertz CT molecular complexity index is 463. The van der Waals surface area contributed by atoms with Crippen molar-refractivity contribution in [3.05, 3.63) is 0 Å². The second-order valence-electron chi connectivity index (χ2n) is 3.23. The summed E-state index contributed by atoms with van der Waals surface area (Å²) < 4.78 is 28.7. The predicted octanol–water partition coefficient (Wildman–Crippen LogP) is -1.26. The molecule has 0 fully saturated rings. The van der Waals surface area contributed by atoms with Crippen molar-refractivity contribution in [1.82, 2.24) is 0 Å². The van der Waals surface area contributed by atoms with Crippen LogP contribution in [0.3, 0.4) is 0 Å². The van der Waals surface area contributed by atoms with Gasteiger partial charge in [-0.1, -0.05) is 0 Å². The van der Waals surface area contributed by atoms with Gasteiger partial charge >= 0.3 is 23.9 Å². The molecule has 0 aromatic heterocycles. The second kappa shape index (κ2) is 8.82. The molecule has 0 amide bonds. The van der Waals surface area contributed by atoms with Crippen LogP contribution in [0.2, 0.25) is 0 Å². The lowest BCUT2D eigenvalue weighted by Crippen LogP contribution is -2.31. The van der Waals surface area contributed by atoms with E-state index in [1.807, 2.05) is 0 Å². The molecule has 12 heteroatoms. The zero-order chi connectivity index (χ0) is 16.5. The van der Waals surface area contributed by atoms with Crippen LogP contribution in [0.25, 0.3) is 0 Å². The van der Waals surface area contributed by atoms with Gasteiger partial charge in [-0.15, -0.1) is 0 Å². The summed E-state index contributed by atoms with van der Waals surface area (Å²) in [4.78, 5) is 39.3. The van der Waals surface area contributed by atoms with E-state index >= 15 is 0 Å². The van der Waals surface area contributed by atoms with Gasteiger partial charge < -0.3 is 20.4 Å². The number of hydrogen-bond donors (Lipinski definition) is 5. The summed E-state index contributed by atoms with van der Waals surface area (Å²) in [6, 6.07) is 0. The molecule has 1 unspecified atom stereocenters. The van der Waals surface area contributed by atoms with Crippen molar-refractivity contribution < 1.29 is 52.6 Å². The molecule has 0 aliphatic rings. The Morgan fingerprint density at radius 1 is 0.800 bits per heavy atom. The molecule has 0 rings (SSSR count). The quantitative estimate of drug-likeness (QED) is 0.350. The SMILES string of the molecule is O=C(O)CC(C(=O)O)S(=O)(=O)O.O=C(O)CCC(=O)O. The first-order valence-electron chi connectivity index (χ1n) is 4.72. The van der Waals surface area contributed by atoms with E-state index in [1.165, 1.54) is 0 Å². The van der Waals surface area contributed by atoms with E-state index in [0.29, 0.717) is 0 Å². The van der Waals surface area contributed by atoms with E-state index in [9.17, 15) is 27.6 Å². The van der Waals surface area contributed by atoms with Crippen molar-refractivity contribution in [2.75, 3.05) is 0 Å². The topological polar surface area (TPSA) is 204 Å². The first-order valence-corrected chi connectivity index (χ1v) is 6.22. The number of aliphatic carboxylic acids is 4. The van der Waals surface area contributed by atoms with Gasteiger partial charge in [0, 0.05) is 0 Å². The van der Waals surface area contributed by atoms with E-state index in [-0.39, 0.29) is 12.8 Å². The molecule has 0 saturated heterocycles. The van der Waals surface area contributed by atoms with Gasteiger partial charge in [0.1, 0.15) is 0 Å². The van der Waals surface area contributed by atoms with Crippen molar-refractivity contribution in [1.29, 1.82) is 0 Å². The lowest BCUT2D eigenvalue weighted by molar-refractivity contribution is -0.143. The van der Waals surface area contributed by atoms with E-state index in [1.54, 1.807) is 0 Å². The van der Waals surface area contributed by atoms with Gasteiger partial charge in [-0.2, -0.15) is 8.42 Å². The van der Waals surface area contributed by atoms with Crippen LogP contribution in [0.15, 0.2) is 0 Å². The van der Waals surface area contributed by atoms with Gasteiger partial charge in [0.15, 0.2) is 5.25 Å². The Morgan fingerprint density at radius 3 is 1.25 bits per heavy atom. The number of rotatable bonds is 7. The molecule has 116 valence electrons. The van der Waals surface area contributed by atoms with Crippen molar-refractivity contribution in [3.8, 4) is 0 Å². The molecular weight excluding hydrogens is 304 g/mol. The van der Waals surface area contributed by atoms with Crippen LogP contribution in [0.4, 0.5) is 0 Å². The minimum absolute atomic E-state index is 0.296. The monoisotopic (exact) mass is 316 g/mol. The smallest absolute Gasteiger partial charge is 0.325 e. The fourth-order valence-corrected chi connectivity index (χ4v) is 1.30. The Kier molecular flexibility index (Phi) is 8.87. The highest BCUT2D eigenvalue weighted by Gasteiger charge is 2.33. The summed E-state index contributed by atoms with van der Waals surface area (Å²) in [7, 11) is -4.84. The summed E-state index contributed by atoms with van der Waals surface area (Å²) in [5, 5.41) is 29.7. The van der Waals surface area contributed by atoms with Crippen LogP contribution in [0.1, 0.15) is 19.3 Å². The average Bonchev–Trinajstić information content (AvgIpc) is 2.22. The van der Waals surface area contributed by atoms with E-state index in [0.717, 1.165) is 0 Å². The maximum Gasteiger partial charge on any atom is 0.325 e. The number of carboxylic acid groups (broad SMARTS) is 4. The Hall–Kier alpha value is -2.21. The highest BCUT2D eigenvalue weighted by molar-refractivity contribution is 7.87. The van der Waals surface area contributed by atoms with Crippen LogP contribution in [-0.2, 0) is 29.3 Å². The van der Waals surface area contributed by atoms with Gasteiger partial charge in [-0.25, -0.2) is 0 Å². The third-order valence-corrected chi connectivity index (χ3v) is 2.64. The molecule has 0 aliphatic carbocycles. The van der Waals surface area contributed by atoms with Crippen molar-refractivity contribution in [3.63, 3.8) is 0 Å². The zero-order valence-corrected chi connectivity index (χ0v) is 10.6. The first-order chi connectivity index (χ1) is 8.87. The third-order valence-electron chi connectivity index (χ3n) is 1.55. The summed E-state index contributed by atoms with van der Waals surface area (Å²) in [5.74, 6) is -5.65. The third kappa shape index (κ3) is 12.3. The van der Waals surface area contributed by atoms with Crippen LogP contribution in [0, 0.1) is 0 Å². The summed E-state index contributed by atoms with van der Waals surface area (Å²) in [5.41, 5.74) is 0. The largest absolute Gasteiger partial charge is 0.481 e. The molecule has 0 aromatic carbocycles. The minimum Gasteiger partial charge on any atom is -0.481 e. The van der Waals surface area contributed by atoms with Gasteiger partial charge in [0.2, 0.25) is 0 Å². The average molecular weight is 316 g/mol. The van der Waals surface area contributed by atoms with E-state index < -0.39 is 45.7 Å². The predicted molar refractivity (Wildman–Crippen MR) is 59.7 cm³/mol. The van der Waals surface area contributed by atoms with Crippen LogP contribution in [0.5, 0.6) is 0 Å². The zero-order valence-electron chi connectivity index (χ0n) is 9.79. The molecule has 1 atom stereocenters. The molecule has 5 N–H and O–H groups in total. The van der Waals surface area contributed by atoms with Crippen LogP contribution >= 0.6 is 0 Å². The number of carboxylic acids is 4. The molecule has 20 heavy (non-hydrogen) atoms. The Balaban J connectivity index is 0. The molecule has 0 aliphatic heterocycles. The van der Waals surface area contributed by atoms with Gasteiger partial charge in [0.05, 0.1) is 19.3 Å². The minimum atomic E-state index is -4.84. The molecular formula is C8H12O11S. The molecule has 0 radical (unpaired) electrons. The first kappa shape index (κ1) is 20.1. The van der Waals surface area contributed by atoms with E-state index in [2.05, 4.69) is 0 Å². The molecule has 0 heterocycles. The van der Waals surface area contributed by atoms with Crippen LogP contribution in [-0.4, -0.2) is 62.5 Å². The summed E-state index contributed by atoms with van der Waals surface area (Å²) in [6.45, 7) is 0. The highest BCUT2D eigenvalue weighted by atomic mass is 32.2. The van der Waals surface area contributed by atoms with Crippen molar-refractivity contribution >= 4 is 34.0 Å². The standard InChI is InChI=1S/C4H6O7S.C4H6O4/c5-3(6)1-2(4(7)8)12(9,10)11;5-3(6)1-2-4(7)8/h2H,1H2,(H,5,6)(H,7,8)(H,9,10,11);1-2H2,(H,5,6)(H,7,8). The van der Waals surface area contributed by atoms with Crippen molar-refractivity contribution in [2.24, 2.45) is 0 Å². The highest BCUT2D eigenvalue weighted by Crippen LogP contribution is 2.04. The lowest BCUT2D eigenvalue weighted by Gasteiger charge is -2.04. The molecule has 0 saturated carbocycles. The lowest BCUT2D eigenvalue weighted by atomic mass is 10.3. The summed E-state index contributed by atoms with van der Waals surface area (Å²) >= 11 is 0. The second-order valence-corrected chi connectivity index (χ2v) is 4.83. The molecule has 0 spiro atoms. The molecule has 0 bridgehead atoms. The summed E-state index contributed by atoms with van der Waals surface area (Å²) in [6.07, 6.45) is -1.75. The molecule has 0 aromatic rings. The normalized spacial score (nSPS) is 11.7. The maximum atomic E-state index is 10.2. The van der Waals surface area contributed by atoms with Crippen LogP contribution < -0.4 is 0 Å². The van der Waals surface area contributed by atoms with Crippen molar-refractivity contribution in [2.45, 2.75) is 24.5 Å². The van der Waals surface area contributed by atoms with Gasteiger partial charge in [-0.3, -0.25) is 23.7 Å².